The van der Waals surface area contributed by atoms with Crippen molar-refractivity contribution in [1.82, 2.24) is 5.32 Å². The summed E-state index contributed by atoms with van der Waals surface area (Å²) in [5, 5.41) is 33.9. The summed E-state index contributed by atoms with van der Waals surface area (Å²) in [6.45, 7) is 1.74. The minimum absolute atomic E-state index is 0.103. The summed E-state index contributed by atoms with van der Waals surface area (Å²) in [5.74, 6) is 0.111. The van der Waals surface area contributed by atoms with Gasteiger partial charge in [0.15, 0.2) is 5.75 Å². The Kier molecular flexibility index (Phi) is 6.46. The second-order valence-corrected chi connectivity index (χ2v) is 5.93. The number of nitrogens with one attached hydrogen (secondary N) is 1. The van der Waals surface area contributed by atoms with Crippen LogP contribution < -0.4 is 10.1 Å². The molecule has 2 unspecified atom stereocenters. The molecule has 2 rings (SSSR count). The summed E-state index contributed by atoms with van der Waals surface area (Å²) < 4.78 is 5.37. The lowest BCUT2D eigenvalue weighted by atomic mass is 9.93. The van der Waals surface area contributed by atoms with Gasteiger partial charge in [0.25, 0.3) is 0 Å². The van der Waals surface area contributed by atoms with E-state index in [1.807, 2.05) is 37.3 Å². The van der Waals surface area contributed by atoms with Gasteiger partial charge in [-0.05, 0) is 18.6 Å². The molecule has 0 radical (unpaired) electrons. The summed E-state index contributed by atoms with van der Waals surface area (Å²) >= 11 is 0. The Hall–Kier alpha value is -2.48. The van der Waals surface area contributed by atoms with E-state index < -0.39 is 16.6 Å². The van der Waals surface area contributed by atoms with Crippen LogP contribution in [0, 0.1) is 10.1 Å². The van der Waals surface area contributed by atoms with Crippen molar-refractivity contribution in [3.05, 3.63) is 70.3 Å². The Balaban J connectivity index is 1.92. The normalized spacial score (nSPS) is 14.5. The van der Waals surface area contributed by atoms with E-state index in [2.05, 4.69) is 5.32 Å². The van der Waals surface area contributed by atoms with Gasteiger partial charge in [0.1, 0.15) is 12.7 Å². The topological polar surface area (TPSA) is 105 Å². The van der Waals surface area contributed by atoms with Crippen molar-refractivity contribution in [2.45, 2.75) is 18.6 Å². The molecule has 0 aliphatic heterocycles. The van der Waals surface area contributed by atoms with Crippen molar-refractivity contribution >= 4 is 5.69 Å². The first-order chi connectivity index (χ1) is 12.0. The summed E-state index contributed by atoms with van der Waals surface area (Å²) in [6.07, 6.45) is -0.894. The lowest BCUT2D eigenvalue weighted by Gasteiger charge is -2.30. The second-order valence-electron chi connectivity index (χ2n) is 5.93. The van der Waals surface area contributed by atoms with E-state index in [0.717, 1.165) is 5.56 Å². The van der Waals surface area contributed by atoms with Crippen molar-refractivity contribution < 1.29 is 19.9 Å². The predicted molar refractivity (Wildman–Crippen MR) is 93.5 cm³/mol. The fraction of sp³-hybridized carbons (Fsp3) is 0.333. The summed E-state index contributed by atoms with van der Waals surface area (Å²) in [7, 11) is 0. The van der Waals surface area contributed by atoms with Gasteiger partial charge >= 0.3 is 5.69 Å². The van der Waals surface area contributed by atoms with Gasteiger partial charge in [-0.25, -0.2) is 0 Å². The highest BCUT2D eigenvalue weighted by molar-refractivity contribution is 5.45. The standard InChI is InChI=1S/C18H22N2O5/c1-18(13-21,14-7-3-2-4-8-14)19-11-15(22)12-25-17-10-6-5-9-16(17)20(23)24/h2-10,15,19,21-22H,11-13H2,1H3. The number of aliphatic hydroxyl groups is 2. The Morgan fingerprint density at radius 1 is 1.20 bits per heavy atom. The number of benzene rings is 2. The van der Waals surface area contributed by atoms with E-state index in [0.29, 0.717) is 0 Å². The van der Waals surface area contributed by atoms with Crippen molar-refractivity contribution in [3.8, 4) is 5.75 Å². The molecule has 0 saturated heterocycles. The van der Waals surface area contributed by atoms with Crippen LogP contribution in [0.3, 0.4) is 0 Å². The summed E-state index contributed by atoms with van der Waals surface area (Å²) in [5.41, 5.74) is 0.0394. The number of aliphatic hydroxyl groups excluding tert-OH is 2. The molecule has 0 bridgehead atoms. The van der Waals surface area contributed by atoms with Gasteiger partial charge in [-0.1, -0.05) is 42.5 Å². The summed E-state index contributed by atoms with van der Waals surface area (Å²) in [4.78, 5) is 10.4. The molecule has 2 aromatic carbocycles. The zero-order valence-electron chi connectivity index (χ0n) is 14.0. The highest BCUT2D eigenvalue weighted by Crippen LogP contribution is 2.26. The lowest BCUT2D eigenvalue weighted by molar-refractivity contribution is -0.385. The van der Waals surface area contributed by atoms with Crippen LogP contribution in [-0.4, -0.2) is 41.0 Å². The first-order valence-electron chi connectivity index (χ1n) is 7.92. The van der Waals surface area contributed by atoms with Gasteiger partial charge in [-0.2, -0.15) is 0 Å². The number of ether oxygens (including phenoxy) is 1. The second kappa shape index (κ2) is 8.57. The third kappa shape index (κ3) is 4.99. The Morgan fingerprint density at radius 2 is 1.84 bits per heavy atom. The van der Waals surface area contributed by atoms with E-state index in [1.165, 1.54) is 12.1 Å². The lowest BCUT2D eigenvalue weighted by Crippen LogP contribution is -2.47. The molecule has 7 heteroatoms. The Labute approximate surface area is 146 Å². The maximum Gasteiger partial charge on any atom is 0.310 e. The van der Waals surface area contributed by atoms with Crippen molar-refractivity contribution in [2.24, 2.45) is 0 Å². The molecule has 3 N–H and O–H groups in total. The molecule has 0 saturated carbocycles. The highest BCUT2D eigenvalue weighted by Gasteiger charge is 2.26. The average Bonchev–Trinajstić information content (AvgIpc) is 2.65. The van der Waals surface area contributed by atoms with Gasteiger partial charge in [0.05, 0.1) is 17.1 Å². The van der Waals surface area contributed by atoms with Crippen molar-refractivity contribution in [2.75, 3.05) is 19.8 Å². The van der Waals surface area contributed by atoms with E-state index in [1.54, 1.807) is 12.1 Å². The number of nitro benzene ring substituents is 1. The van der Waals surface area contributed by atoms with Crippen LogP contribution in [-0.2, 0) is 5.54 Å². The minimum Gasteiger partial charge on any atom is -0.484 e. The molecule has 0 aliphatic rings. The fourth-order valence-corrected chi connectivity index (χ4v) is 2.37. The van der Waals surface area contributed by atoms with Gasteiger partial charge < -0.3 is 20.3 Å². The van der Waals surface area contributed by atoms with Gasteiger partial charge in [-0.15, -0.1) is 0 Å². The molecular weight excluding hydrogens is 324 g/mol. The number of nitro groups is 1. The van der Waals surface area contributed by atoms with E-state index in [-0.39, 0.29) is 31.2 Å². The molecule has 7 nitrogen and oxygen atoms in total. The zero-order valence-corrected chi connectivity index (χ0v) is 14.0. The fourth-order valence-electron chi connectivity index (χ4n) is 2.37. The van der Waals surface area contributed by atoms with Crippen LogP contribution in [0.15, 0.2) is 54.6 Å². The largest absolute Gasteiger partial charge is 0.484 e. The molecule has 134 valence electrons. The van der Waals surface area contributed by atoms with E-state index in [4.69, 9.17) is 4.74 Å². The molecule has 0 aliphatic carbocycles. The predicted octanol–water partition coefficient (Wildman–Crippen LogP) is 1.83. The molecule has 2 aromatic rings. The third-order valence-corrected chi connectivity index (χ3v) is 3.95. The molecule has 0 amide bonds. The number of hydrogen-bond acceptors (Lipinski definition) is 6. The maximum absolute atomic E-state index is 10.9. The monoisotopic (exact) mass is 346 g/mol. The molecule has 0 heterocycles. The number of rotatable bonds is 9. The molecule has 0 spiro atoms. The molecule has 2 atom stereocenters. The average molecular weight is 346 g/mol. The zero-order chi connectivity index (χ0) is 18.3. The summed E-state index contributed by atoms with van der Waals surface area (Å²) in [6, 6.07) is 15.4. The Bertz CT molecular complexity index is 695. The van der Waals surface area contributed by atoms with Crippen molar-refractivity contribution in [3.63, 3.8) is 0 Å². The van der Waals surface area contributed by atoms with Gasteiger partial charge in [-0.3, -0.25) is 10.1 Å². The maximum atomic E-state index is 10.9. The first-order valence-corrected chi connectivity index (χ1v) is 7.92. The number of nitrogens with zero attached hydrogens (tertiary/aromatic N) is 1. The first kappa shape index (κ1) is 18.9. The van der Waals surface area contributed by atoms with Crippen LogP contribution in [0.4, 0.5) is 5.69 Å². The van der Waals surface area contributed by atoms with E-state index >= 15 is 0 Å². The van der Waals surface area contributed by atoms with Crippen LogP contribution in [0.1, 0.15) is 12.5 Å². The van der Waals surface area contributed by atoms with Crippen LogP contribution in [0.2, 0.25) is 0 Å². The van der Waals surface area contributed by atoms with Gasteiger partial charge in [0, 0.05) is 12.6 Å². The smallest absolute Gasteiger partial charge is 0.310 e. The Morgan fingerprint density at radius 3 is 2.48 bits per heavy atom. The number of para-hydroxylation sites is 2. The molecular formula is C18H22N2O5. The quantitative estimate of drug-likeness (QED) is 0.473. The molecule has 0 aromatic heterocycles. The van der Waals surface area contributed by atoms with Gasteiger partial charge in [0.2, 0.25) is 0 Å². The minimum atomic E-state index is -0.894. The van der Waals surface area contributed by atoms with Crippen LogP contribution in [0.25, 0.3) is 0 Å². The van der Waals surface area contributed by atoms with E-state index in [9.17, 15) is 20.3 Å². The van der Waals surface area contributed by atoms with Crippen LogP contribution in [0.5, 0.6) is 5.75 Å². The molecule has 25 heavy (non-hydrogen) atoms. The van der Waals surface area contributed by atoms with Crippen LogP contribution >= 0.6 is 0 Å². The number of hydrogen-bond donors (Lipinski definition) is 3. The third-order valence-electron chi connectivity index (χ3n) is 3.95. The molecule has 0 fully saturated rings. The van der Waals surface area contributed by atoms with Crippen molar-refractivity contribution in [1.29, 1.82) is 0 Å². The SMILES string of the molecule is CC(CO)(NCC(O)COc1ccccc1[N+](=O)[O-])c1ccccc1. The highest BCUT2D eigenvalue weighted by atomic mass is 16.6.